The van der Waals surface area contributed by atoms with E-state index >= 15 is 0 Å². The van der Waals surface area contributed by atoms with Crippen LogP contribution in [0.4, 0.5) is 0 Å². The Kier molecular flexibility index (Phi) is 3.37. The number of carbonyl (C=O) groups excluding carboxylic acids is 2. The summed E-state index contributed by atoms with van der Waals surface area (Å²) >= 11 is 0. The van der Waals surface area contributed by atoms with Crippen LogP contribution < -0.4 is 0 Å². The number of rotatable bonds is 1. The number of Topliss-reactive ketones (excluding diaryl/α,β-unsaturated/α-hetero) is 2. The first-order chi connectivity index (χ1) is 12.4. The summed E-state index contributed by atoms with van der Waals surface area (Å²) < 4.78 is 0. The van der Waals surface area contributed by atoms with Gasteiger partial charge in [0.1, 0.15) is 23.0 Å². The number of carbonyl (C=O) groups is 2. The smallest absolute Gasteiger partial charge is 0.171 e. The van der Waals surface area contributed by atoms with Crippen molar-refractivity contribution in [3.63, 3.8) is 0 Å². The first-order valence-corrected chi connectivity index (χ1v) is 7.95. The van der Waals surface area contributed by atoms with Crippen molar-refractivity contribution in [1.29, 1.82) is 0 Å². The summed E-state index contributed by atoms with van der Waals surface area (Å²) in [6.45, 7) is 0. The summed E-state index contributed by atoms with van der Waals surface area (Å²) in [6.07, 6.45) is 2.43. The molecule has 26 heavy (non-hydrogen) atoms. The number of phenols is 2. The molecule has 2 aromatic carbocycles. The van der Waals surface area contributed by atoms with Crippen LogP contribution in [0.25, 0.3) is 11.5 Å². The van der Waals surface area contributed by atoms with Crippen molar-refractivity contribution in [2.45, 2.75) is 0 Å². The van der Waals surface area contributed by atoms with Crippen molar-refractivity contribution < 1.29 is 30.0 Å². The quantitative estimate of drug-likeness (QED) is 0.628. The molecule has 0 bridgehead atoms. The normalized spacial score (nSPS) is 21.5. The lowest BCUT2D eigenvalue weighted by Gasteiger charge is -2.28. The lowest BCUT2D eigenvalue weighted by Crippen LogP contribution is -2.32. The average Bonchev–Trinajstić information content (AvgIpc) is 2.61. The summed E-state index contributed by atoms with van der Waals surface area (Å²) in [4.78, 5) is 25.7. The van der Waals surface area contributed by atoms with E-state index in [0.29, 0.717) is 0 Å². The first-order valence-electron chi connectivity index (χ1n) is 7.95. The molecule has 4 N–H and O–H groups in total. The number of ketones is 2. The van der Waals surface area contributed by atoms with E-state index < -0.39 is 23.4 Å². The highest BCUT2D eigenvalue weighted by Crippen LogP contribution is 2.41. The molecule has 2 aromatic rings. The standard InChI is InChI=1S/C20H14O6/c21-13-5-1-3-9-17(13)15(23)7-11(19(9)25)12-8-16(24)18-10(20(12)26)4-2-6-14(18)22/h1-8,11-12,21-24H. The molecule has 0 saturated heterocycles. The molecule has 2 aliphatic rings. The second-order valence-electron chi connectivity index (χ2n) is 6.28. The van der Waals surface area contributed by atoms with E-state index in [1.54, 1.807) is 0 Å². The lowest BCUT2D eigenvalue weighted by atomic mass is 9.73. The van der Waals surface area contributed by atoms with Gasteiger partial charge in [-0.3, -0.25) is 9.59 Å². The number of hydrogen-bond acceptors (Lipinski definition) is 6. The van der Waals surface area contributed by atoms with E-state index in [2.05, 4.69) is 0 Å². The monoisotopic (exact) mass is 350 g/mol. The molecule has 0 aliphatic heterocycles. The topological polar surface area (TPSA) is 115 Å². The van der Waals surface area contributed by atoms with Crippen LogP contribution in [-0.4, -0.2) is 32.0 Å². The number of phenolic OH excluding ortho intramolecular Hbond substituents is 2. The van der Waals surface area contributed by atoms with Crippen LogP contribution in [0.15, 0.2) is 48.6 Å². The number of benzene rings is 2. The van der Waals surface area contributed by atoms with Gasteiger partial charge in [-0.1, -0.05) is 24.3 Å². The number of aliphatic hydroxyl groups excluding tert-OH is 2. The zero-order chi connectivity index (χ0) is 18.6. The molecule has 2 atom stereocenters. The number of aliphatic hydroxyl groups is 2. The van der Waals surface area contributed by atoms with Gasteiger partial charge >= 0.3 is 0 Å². The number of allylic oxidation sites excluding steroid dienone is 2. The molecule has 0 aromatic heterocycles. The van der Waals surface area contributed by atoms with Crippen molar-refractivity contribution in [2.24, 2.45) is 11.8 Å². The van der Waals surface area contributed by atoms with Crippen LogP contribution in [0, 0.1) is 11.8 Å². The maximum Gasteiger partial charge on any atom is 0.171 e. The van der Waals surface area contributed by atoms with Gasteiger partial charge in [0, 0.05) is 11.1 Å². The van der Waals surface area contributed by atoms with E-state index in [-0.39, 0.29) is 45.3 Å². The number of aromatic hydroxyl groups is 2. The van der Waals surface area contributed by atoms with Crippen LogP contribution in [0.2, 0.25) is 0 Å². The maximum atomic E-state index is 12.9. The highest BCUT2D eigenvalue weighted by molar-refractivity contribution is 6.13. The third kappa shape index (κ3) is 2.12. The van der Waals surface area contributed by atoms with Gasteiger partial charge in [-0.2, -0.15) is 0 Å². The summed E-state index contributed by atoms with van der Waals surface area (Å²) in [7, 11) is 0. The molecule has 0 saturated carbocycles. The second-order valence-corrected chi connectivity index (χ2v) is 6.28. The van der Waals surface area contributed by atoms with Crippen LogP contribution >= 0.6 is 0 Å². The van der Waals surface area contributed by atoms with Crippen molar-refractivity contribution in [3.05, 3.63) is 70.8 Å². The van der Waals surface area contributed by atoms with Gasteiger partial charge in [-0.15, -0.1) is 0 Å². The highest BCUT2D eigenvalue weighted by atomic mass is 16.3. The Hall–Kier alpha value is -3.54. The molecule has 0 radical (unpaired) electrons. The summed E-state index contributed by atoms with van der Waals surface area (Å²) in [5.74, 6) is -4.02. The third-order valence-electron chi connectivity index (χ3n) is 4.80. The van der Waals surface area contributed by atoms with Crippen molar-refractivity contribution in [3.8, 4) is 11.5 Å². The van der Waals surface area contributed by atoms with Crippen molar-refractivity contribution in [2.75, 3.05) is 0 Å². The molecule has 2 aliphatic carbocycles. The predicted molar refractivity (Wildman–Crippen MR) is 93.1 cm³/mol. The zero-order valence-electron chi connectivity index (χ0n) is 13.4. The van der Waals surface area contributed by atoms with Gasteiger partial charge in [0.15, 0.2) is 11.6 Å². The van der Waals surface area contributed by atoms with E-state index in [1.165, 1.54) is 48.6 Å². The van der Waals surface area contributed by atoms with Gasteiger partial charge in [-0.25, -0.2) is 0 Å². The van der Waals surface area contributed by atoms with Crippen LogP contribution in [0.3, 0.4) is 0 Å². The molecule has 6 heteroatoms. The minimum Gasteiger partial charge on any atom is -0.507 e. The Balaban J connectivity index is 1.83. The zero-order valence-corrected chi connectivity index (χ0v) is 13.4. The van der Waals surface area contributed by atoms with Crippen LogP contribution in [0.5, 0.6) is 11.5 Å². The van der Waals surface area contributed by atoms with Gasteiger partial charge in [0.05, 0.1) is 23.0 Å². The summed E-state index contributed by atoms with van der Waals surface area (Å²) in [5.41, 5.74) is 0.279. The fraction of sp³-hybridized carbons (Fsp3) is 0.100. The summed E-state index contributed by atoms with van der Waals surface area (Å²) in [6, 6.07) is 8.59. The molecule has 6 nitrogen and oxygen atoms in total. The first kappa shape index (κ1) is 16.0. The Morgan fingerprint density at radius 3 is 1.38 bits per heavy atom. The Labute approximate surface area is 148 Å². The van der Waals surface area contributed by atoms with E-state index in [1.807, 2.05) is 0 Å². The van der Waals surface area contributed by atoms with Gasteiger partial charge < -0.3 is 20.4 Å². The molecule has 0 amide bonds. The Morgan fingerprint density at radius 1 is 0.615 bits per heavy atom. The van der Waals surface area contributed by atoms with Crippen LogP contribution in [-0.2, 0) is 0 Å². The second kappa shape index (κ2) is 5.49. The van der Waals surface area contributed by atoms with Gasteiger partial charge in [0.2, 0.25) is 0 Å². The van der Waals surface area contributed by atoms with E-state index in [4.69, 9.17) is 0 Å². The SMILES string of the molecule is O=C1c2cccc(O)c2C(O)=CC1C1C=C(O)c2c(O)cccc2C1=O. The predicted octanol–water partition coefficient (Wildman–Crippen LogP) is 3.22. The molecule has 0 heterocycles. The van der Waals surface area contributed by atoms with E-state index in [9.17, 15) is 30.0 Å². The number of fused-ring (bicyclic) bond motifs is 2. The molecule has 2 unspecified atom stereocenters. The molecular formula is C20H14O6. The number of hydrogen-bond donors (Lipinski definition) is 4. The van der Waals surface area contributed by atoms with E-state index in [0.717, 1.165) is 0 Å². The fourth-order valence-corrected chi connectivity index (χ4v) is 3.58. The van der Waals surface area contributed by atoms with Crippen molar-refractivity contribution in [1.82, 2.24) is 0 Å². The highest BCUT2D eigenvalue weighted by Gasteiger charge is 2.40. The molecule has 130 valence electrons. The molecule has 4 rings (SSSR count). The van der Waals surface area contributed by atoms with Crippen LogP contribution in [0.1, 0.15) is 31.8 Å². The fourth-order valence-electron chi connectivity index (χ4n) is 3.58. The lowest BCUT2D eigenvalue weighted by molar-refractivity contribution is 0.0825. The minimum atomic E-state index is -1.03. The molecule has 0 spiro atoms. The molecular weight excluding hydrogens is 336 g/mol. The van der Waals surface area contributed by atoms with Gasteiger partial charge in [0.25, 0.3) is 0 Å². The average molecular weight is 350 g/mol. The van der Waals surface area contributed by atoms with Crippen molar-refractivity contribution >= 4 is 23.1 Å². The summed E-state index contributed by atoms with van der Waals surface area (Å²) in [5, 5.41) is 40.3. The Morgan fingerprint density at radius 2 is 1.00 bits per heavy atom. The third-order valence-corrected chi connectivity index (χ3v) is 4.80. The minimum absolute atomic E-state index is 0.0308. The molecule has 0 fully saturated rings. The Bertz CT molecular complexity index is 947. The van der Waals surface area contributed by atoms with Gasteiger partial charge in [-0.05, 0) is 24.3 Å². The maximum absolute atomic E-state index is 12.9. The largest absolute Gasteiger partial charge is 0.507 e.